The lowest BCUT2D eigenvalue weighted by Crippen LogP contribution is -2.03. The molecule has 20 heavy (non-hydrogen) atoms. The smallest absolute Gasteiger partial charge is 0.341 e. The number of nitrogens with zero attached hydrogens (tertiary/aromatic N) is 2. The third-order valence-electron chi connectivity index (χ3n) is 3.19. The number of hydrogen-bond acceptors (Lipinski definition) is 4. The summed E-state index contributed by atoms with van der Waals surface area (Å²) >= 11 is 0. The highest BCUT2D eigenvalue weighted by molar-refractivity contribution is 5.90. The Morgan fingerprint density at radius 3 is 2.60 bits per heavy atom. The van der Waals surface area contributed by atoms with E-state index in [4.69, 9.17) is 9.84 Å². The first-order valence-corrected chi connectivity index (χ1v) is 6.44. The van der Waals surface area contributed by atoms with Crippen molar-refractivity contribution in [3.63, 3.8) is 0 Å². The summed E-state index contributed by atoms with van der Waals surface area (Å²) in [5.74, 6) is -0.0717. The minimum atomic E-state index is -1.09. The van der Waals surface area contributed by atoms with Gasteiger partial charge in [-0.15, -0.1) is 5.10 Å². The van der Waals surface area contributed by atoms with Crippen molar-refractivity contribution in [2.45, 2.75) is 26.2 Å². The number of aromatic nitrogens is 2. The molecule has 1 aromatic heterocycles. The van der Waals surface area contributed by atoms with Gasteiger partial charge in [0.25, 0.3) is 5.88 Å². The molecule has 1 heterocycles. The molecule has 1 atom stereocenters. The van der Waals surface area contributed by atoms with Crippen molar-refractivity contribution in [2.75, 3.05) is 0 Å². The Morgan fingerprint density at radius 2 is 2.00 bits per heavy atom. The van der Waals surface area contributed by atoms with Gasteiger partial charge >= 0.3 is 5.97 Å². The number of benzene rings is 1. The fraction of sp³-hybridized carbons (Fsp3) is 0.267. The van der Waals surface area contributed by atoms with Gasteiger partial charge in [0.05, 0.1) is 6.20 Å². The van der Waals surface area contributed by atoms with Crippen molar-refractivity contribution in [3.8, 4) is 11.6 Å². The molecule has 2 rings (SSSR count). The van der Waals surface area contributed by atoms with E-state index in [9.17, 15) is 4.79 Å². The van der Waals surface area contributed by atoms with Crippen molar-refractivity contribution in [1.29, 1.82) is 0 Å². The highest BCUT2D eigenvalue weighted by atomic mass is 16.5. The van der Waals surface area contributed by atoms with Crippen LogP contribution in [0.3, 0.4) is 0 Å². The zero-order valence-corrected chi connectivity index (χ0v) is 11.4. The Labute approximate surface area is 117 Å². The van der Waals surface area contributed by atoms with Crippen LogP contribution in [0, 0.1) is 0 Å². The van der Waals surface area contributed by atoms with Crippen LogP contribution >= 0.6 is 0 Å². The molecule has 0 saturated heterocycles. The summed E-state index contributed by atoms with van der Waals surface area (Å²) in [6.07, 6.45) is 2.38. The van der Waals surface area contributed by atoms with Gasteiger partial charge in [-0.05, 0) is 36.1 Å². The number of carboxylic acid groups (broad SMARTS) is 1. The van der Waals surface area contributed by atoms with Gasteiger partial charge in [0.1, 0.15) is 11.3 Å². The van der Waals surface area contributed by atoms with Crippen molar-refractivity contribution in [2.24, 2.45) is 0 Å². The summed E-state index contributed by atoms with van der Waals surface area (Å²) in [5, 5.41) is 16.4. The predicted octanol–water partition coefficient (Wildman–Crippen LogP) is 3.48. The maximum Gasteiger partial charge on any atom is 0.341 e. The number of hydrogen-bond donors (Lipinski definition) is 1. The molecule has 1 aromatic carbocycles. The lowest BCUT2D eigenvalue weighted by molar-refractivity contribution is 0.0693. The molecule has 0 amide bonds. The van der Waals surface area contributed by atoms with Crippen molar-refractivity contribution in [3.05, 3.63) is 47.7 Å². The van der Waals surface area contributed by atoms with E-state index in [2.05, 4.69) is 24.0 Å². The van der Waals surface area contributed by atoms with Gasteiger partial charge in [0.2, 0.25) is 0 Å². The molecule has 0 aliphatic carbocycles. The second kappa shape index (κ2) is 6.14. The first kappa shape index (κ1) is 14.0. The average Bonchev–Trinajstić information content (AvgIpc) is 2.47. The molecule has 0 aliphatic heterocycles. The third kappa shape index (κ3) is 3.12. The van der Waals surface area contributed by atoms with E-state index in [1.54, 1.807) is 0 Å². The maximum atomic E-state index is 11.0. The Morgan fingerprint density at radius 1 is 1.30 bits per heavy atom. The zero-order valence-electron chi connectivity index (χ0n) is 11.4. The molecular formula is C15H16N2O3. The van der Waals surface area contributed by atoms with Crippen LogP contribution in [0.25, 0.3) is 0 Å². The molecule has 5 nitrogen and oxygen atoms in total. The second-order valence-corrected chi connectivity index (χ2v) is 4.54. The Kier molecular flexibility index (Phi) is 4.30. The zero-order chi connectivity index (χ0) is 14.5. The fourth-order valence-electron chi connectivity index (χ4n) is 1.77. The lowest BCUT2D eigenvalue weighted by atomic mass is 9.99. The summed E-state index contributed by atoms with van der Waals surface area (Å²) in [7, 11) is 0. The minimum absolute atomic E-state index is 0.00344. The molecule has 0 radical (unpaired) electrons. The van der Waals surface area contributed by atoms with Crippen molar-refractivity contribution in [1.82, 2.24) is 10.2 Å². The number of carboxylic acids is 1. The van der Waals surface area contributed by atoms with Gasteiger partial charge in [-0.25, -0.2) is 4.79 Å². The number of carbonyl (C=O) groups is 1. The summed E-state index contributed by atoms with van der Waals surface area (Å²) in [6, 6.07) is 8.92. The van der Waals surface area contributed by atoms with E-state index in [1.165, 1.54) is 17.8 Å². The topological polar surface area (TPSA) is 72.3 Å². The fourth-order valence-corrected chi connectivity index (χ4v) is 1.77. The van der Waals surface area contributed by atoms with Gasteiger partial charge < -0.3 is 9.84 Å². The second-order valence-electron chi connectivity index (χ2n) is 4.54. The van der Waals surface area contributed by atoms with Gasteiger partial charge in [0, 0.05) is 0 Å². The van der Waals surface area contributed by atoms with E-state index in [-0.39, 0.29) is 11.4 Å². The normalized spacial score (nSPS) is 11.9. The largest absolute Gasteiger partial charge is 0.477 e. The maximum absolute atomic E-state index is 11.0. The molecule has 0 spiro atoms. The van der Waals surface area contributed by atoms with Gasteiger partial charge in [0.15, 0.2) is 0 Å². The summed E-state index contributed by atoms with van der Waals surface area (Å²) < 4.78 is 5.48. The quantitative estimate of drug-likeness (QED) is 0.902. The standard InChI is InChI=1S/C15H16N2O3/c1-3-10(2)11-4-6-12(7-5-11)20-14-13(15(18)19)8-9-16-17-14/h4-10H,3H2,1-2H3,(H,18,19). The Bertz CT molecular complexity index is 596. The third-order valence-corrected chi connectivity index (χ3v) is 3.19. The van der Waals surface area contributed by atoms with Crippen LogP contribution in [0.15, 0.2) is 36.5 Å². The molecule has 104 valence electrons. The molecule has 1 unspecified atom stereocenters. The lowest BCUT2D eigenvalue weighted by Gasteiger charge is -2.10. The van der Waals surface area contributed by atoms with Crippen molar-refractivity contribution < 1.29 is 14.6 Å². The van der Waals surface area contributed by atoms with Crippen LogP contribution < -0.4 is 4.74 Å². The first-order chi connectivity index (χ1) is 9.61. The Balaban J connectivity index is 2.20. The molecule has 2 aromatic rings. The highest BCUT2D eigenvalue weighted by Crippen LogP contribution is 2.25. The molecule has 0 fully saturated rings. The summed E-state index contributed by atoms with van der Waals surface area (Å²) in [5.41, 5.74) is 1.21. The molecule has 1 N–H and O–H groups in total. The van der Waals surface area contributed by atoms with Crippen LogP contribution in [0.2, 0.25) is 0 Å². The monoisotopic (exact) mass is 272 g/mol. The average molecular weight is 272 g/mol. The molecular weight excluding hydrogens is 256 g/mol. The number of rotatable bonds is 5. The van der Waals surface area contributed by atoms with E-state index >= 15 is 0 Å². The number of ether oxygens (including phenoxy) is 1. The van der Waals surface area contributed by atoms with Crippen LogP contribution in [-0.4, -0.2) is 21.3 Å². The number of aromatic carboxylic acids is 1. The Hall–Kier alpha value is -2.43. The predicted molar refractivity (Wildman–Crippen MR) is 74.2 cm³/mol. The molecule has 0 aliphatic rings. The van der Waals surface area contributed by atoms with Gasteiger partial charge in [-0.1, -0.05) is 26.0 Å². The minimum Gasteiger partial charge on any atom is -0.477 e. The summed E-state index contributed by atoms with van der Waals surface area (Å²) in [4.78, 5) is 11.0. The van der Waals surface area contributed by atoms with E-state index in [0.717, 1.165) is 6.42 Å². The van der Waals surface area contributed by atoms with Crippen LogP contribution in [-0.2, 0) is 0 Å². The van der Waals surface area contributed by atoms with E-state index in [1.807, 2.05) is 24.3 Å². The highest BCUT2D eigenvalue weighted by Gasteiger charge is 2.13. The van der Waals surface area contributed by atoms with E-state index < -0.39 is 5.97 Å². The van der Waals surface area contributed by atoms with Crippen molar-refractivity contribution >= 4 is 5.97 Å². The molecule has 0 bridgehead atoms. The van der Waals surface area contributed by atoms with Gasteiger partial charge in [-0.2, -0.15) is 5.10 Å². The molecule has 0 saturated carbocycles. The van der Waals surface area contributed by atoms with Crippen LogP contribution in [0.1, 0.15) is 42.1 Å². The van der Waals surface area contributed by atoms with Crippen LogP contribution in [0.4, 0.5) is 0 Å². The van der Waals surface area contributed by atoms with Gasteiger partial charge in [-0.3, -0.25) is 0 Å². The molecule has 5 heteroatoms. The SMILES string of the molecule is CCC(C)c1ccc(Oc2nnccc2C(=O)O)cc1. The first-order valence-electron chi connectivity index (χ1n) is 6.44. The van der Waals surface area contributed by atoms with E-state index in [0.29, 0.717) is 11.7 Å². The summed E-state index contributed by atoms with van der Waals surface area (Å²) in [6.45, 7) is 4.29. The van der Waals surface area contributed by atoms with Crippen LogP contribution in [0.5, 0.6) is 11.6 Å².